The molecule has 0 bridgehead atoms. The first kappa shape index (κ1) is 18.2. The number of halogens is 2. The van der Waals surface area contributed by atoms with Gasteiger partial charge in [0.1, 0.15) is 17.4 Å². The molecule has 0 fully saturated rings. The summed E-state index contributed by atoms with van der Waals surface area (Å²) in [5, 5.41) is 8.89. The van der Waals surface area contributed by atoms with E-state index >= 15 is 0 Å². The van der Waals surface area contributed by atoms with Crippen LogP contribution in [0.25, 0.3) is 17.3 Å². The van der Waals surface area contributed by atoms with Gasteiger partial charge in [-0.15, -0.1) is 10.2 Å². The van der Waals surface area contributed by atoms with Crippen LogP contribution in [0, 0.1) is 11.6 Å². The quantitative estimate of drug-likeness (QED) is 0.422. The maximum Gasteiger partial charge on any atom is 0.205 e. The molecule has 0 aliphatic rings. The highest BCUT2D eigenvalue weighted by Crippen LogP contribution is 2.34. The van der Waals surface area contributed by atoms with Gasteiger partial charge in [-0.05, 0) is 36.4 Å². The number of methoxy groups -OCH3 is 1. The van der Waals surface area contributed by atoms with Gasteiger partial charge < -0.3 is 9.15 Å². The maximum atomic E-state index is 14.0. The van der Waals surface area contributed by atoms with Gasteiger partial charge in [0.05, 0.1) is 19.1 Å². The Morgan fingerprint density at radius 1 is 1.00 bits per heavy atom. The average Bonchev–Trinajstić information content (AvgIpc) is 3.37. The van der Waals surface area contributed by atoms with Crippen LogP contribution in [0.5, 0.6) is 5.75 Å². The molecular formula is C20H15F2N3O2S. The summed E-state index contributed by atoms with van der Waals surface area (Å²) in [6.45, 7) is 0. The Labute approximate surface area is 164 Å². The highest BCUT2D eigenvalue weighted by atomic mass is 32.2. The molecule has 0 atom stereocenters. The topological polar surface area (TPSA) is 53.1 Å². The Morgan fingerprint density at radius 3 is 2.50 bits per heavy atom. The van der Waals surface area contributed by atoms with Gasteiger partial charge in [0.2, 0.25) is 5.82 Å². The summed E-state index contributed by atoms with van der Waals surface area (Å²) >= 11 is 1.17. The van der Waals surface area contributed by atoms with Crippen molar-refractivity contribution >= 4 is 11.8 Å². The van der Waals surface area contributed by atoms with Gasteiger partial charge in [-0.3, -0.25) is 4.57 Å². The molecule has 0 saturated carbocycles. The summed E-state index contributed by atoms with van der Waals surface area (Å²) < 4.78 is 40.7. The van der Waals surface area contributed by atoms with Crippen LogP contribution in [-0.4, -0.2) is 21.9 Å². The second kappa shape index (κ2) is 7.85. The lowest BCUT2D eigenvalue weighted by atomic mass is 10.2. The van der Waals surface area contributed by atoms with Crippen LogP contribution in [0.4, 0.5) is 8.78 Å². The van der Waals surface area contributed by atoms with Crippen molar-refractivity contribution in [2.75, 3.05) is 7.11 Å². The van der Waals surface area contributed by atoms with E-state index in [0.717, 1.165) is 0 Å². The first-order chi connectivity index (χ1) is 13.7. The van der Waals surface area contributed by atoms with E-state index in [4.69, 9.17) is 9.15 Å². The molecule has 8 heteroatoms. The van der Waals surface area contributed by atoms with E-state index in [2.05, 4.69) is 10.2 Å². The summed E-state index contributed by atoms with van der Waals surface area (Å²) in [6.07, 6.45) is 1.54. The summed E-state index contributed by atoms with van der Waals surface area (Å²) in [5.41, 5.74) is 0.680. The molecule has 0 unspecified atom stereocenters. The lowest BCUT2D eigenvalue weighted by Gasteiger charge is -2.13. The minimum atomic E-state index is -0.595. The highest BCUT2D eigenvalue weighted by Gasteiger charge is 2.21. The molecular weight excluding hydrogens is 384 g/mol. The number of nitrogens with zero attached hydrogens (tertiary/aromatic N) is 3. The van der Waals surface area contributed by atoms with Crippen molar-refractivity contribution in [3.63, 3.8) is 0 Å². The van der Waals surface area contributed by atoms with Crippen molar-refractivity contribution in [3.05, 3.63) is 78.1 Å². The lowest BCUT2D eigenvalue weighted by molar-refractivity contribution is 0.412. The molecule has 0 aliphatic heterocycles. The minimum Gasteiger partial charge on any atom is -0.495 e. The molecule has 0 N–H and O–H groups in total. The molecule has 28 heavy (non-hydrogen) atoms. The van der Waals surface area contributed by atoms with E-state index in [9.17, 15) is 8.78 Å². The minimum absolute atomic E-state index is 0.0124. The molecule has 0 saturated heterocycles. The van der Waals surface area contributed by atoms with E-state index in [1.165, 1.54) is 36.2 Å². The van der Waals surface area contributed by atoms with Crippen molar-refractivity contribution in [2.45, 2.75) is 10.9 Å². The third-order valence-corrected chi connectivity index (χ3v) is 5.06. The lowest BCUT2D eigenvalue weighted by Crippen LogP contribution is -2.02. The molecule has 0 spiro atoms. The Hall–Kier alpha value is -3.13. The molecule has 4 aromatic rings. The molecule has 5 nitrogen and oxygen atoms in total. The first-order valence-corrected chi connectivity index (χ1v) is 9.36. The van der Waals surface area contributed by atoms with E-state index in [0.29, 0.717) is 28.2 Å². The molecule has 0 radical (unpaired) electrons. The second-order valence-corrected chi connectivity index (χ2v) is 6.72. The molecule has 142 valence electrons. The van der Waals surface area contributed by atoms with Crippen LogP contribution < -0.4 is 4.74 Å². The highest BCUT2D eigenvalue weighted by molar-refractivity contribution is 7.98. The zero-order valence-electron chi connectivity index (χ0n) is 14.8. The number of thioether (sulfide) groups is 1. The van der Waals surface area contributed by atoms with Gasteiger partial charge >= 0.3 is 0 Å². The summed E-state index contributed by atoms with van der Waals surface area (Å²) in [7, 11) is 1.57. The fourth-order valence-electron chi connectivity index (χ4n) is 2.77. The number of hydrogen-bond donors (Lipinski definition) is 0. The van der Waals surface area contributed by atoms with Gasteiger partial charge in [-0.2, -0.15) is 0 Å². The van der Waals surface area contributed by atoms with E-state index in [1.807, 2.05) is 24.3 Å². The van der Waals surface area contributed by atoms with Crippen LogP contribution >= 0.6 is 11.8 Å². The zero-order chi connectivity index (χ0) is 19.5. The molecule has 0 aliphatic carbocycles. The fourth-order valence-corrected chi connectivity index (χ4v) is 3.73. The van der Waals surface area contributed by atoms with Crippen molar-refractivity contribution in [1.29, 1.82) is 0 Å². The Morgan fingerprint density at radius 2 is 1.79 bits per heavy atom. The van der Waals surface area contributed by atoms with Crippen LogP contribution in [0.15, 0.2) is 70.4 Å². The maximum absolute atomic E-state index is 14.0. The monoisotopic (exact) mass is 399 g/mol. The van der Waals surface area contributed by atoms with Crippen LogP contribution in [-0.2, 0) is 5.75 Å². The third kappa shape index (κ3) is 3.38. The van der Waals surface area contributed by atoms with Gasteiger partial charge in [-0.1, -0.05) is 30.0 Å². The normalized spacial score (nSPS) is 11.0. The molecule has 0 amide bonds. The van der Waals surface area contributed by atoms with Crippen molar-refractivity contribution in [1.82, 2.24) is 14.8 Å². The van der Waals surface area contributed by atoms with Crippen molar-refractivity contribution in [2.24, 2.45) is 0 Å². The summed E-state index contributed by atoms with van der Waals surface area (Å²) in [4.78, 5) is 0. The number of para-hydroxylation sites is 2. The first-order valence-electron chi connectivity index (χ1n) is 8.37. The smallest absolute Gasteiger partial charge is 0.205 e. The number of aromatic nitrogens is 3. The number of rotatable bonds is 6. The van der Waals surface area contributed by atoms with Crippen molar-refractivity contribution < 1.29 is 17.9 Å². The molecule has 2 aromatic carbocycles. The van der Waals surface area contributed by atoms with Crippen LogP contribution in [0.2, 0.25) is 0 Å². The fraction of sp³-hybridized carbons (Fsp3) is 0.100. The van der Waals surface area contributed by atoms with Gasteiger partial charge in [-0.25, -0.2) is 8.78 Å². The Kier molecular flexibility index (Phi) is 5.12. The second-order valence-electron chi connectivity index (χ2n) is 5.78. The number of furan rings is 1. The summed E-state index contributed by atoms with van der Waals surface area (Å²) in [6, 6.07) is 14.7. The predicted molar refractivity (Wildman–Crippen MR) is 102 cm³/mol. The van der Waals surface area contributed by atoms with Gasteiger partial charge in [0, 0.05) is 11.3 Å². The van der Waals surface area contributed by atoms with Gasteiger partial charge in [0.15, 0.2) is 10.9 Å². The zero-order valence-corrected chi connectivity index (χ0v) is 15.6. The third-order valence-electron chi connectivity index (χ3n) is 4.11. The van der Waals surface area contributed by atoms with Crippen molar-refractivity contribution in [3.8, 4) is 23.0 Å². The number of ether oxygens (including phenoxy) is 1. The largest absolute Gasteiger partial charge is 0.495 e. The molecule has 4 rings (SSSR count). The summed E-state index contributed by atoms with van der Waals surface area (Å²) in [5.74, 6) is 0.454. The average molecular weight is 399 g/mol. The number of hydrogen-bond acceptors (Lipinski definition) is 5. The number of benzene rings is 2. The van der Waals surface area contributed by atoms with Crippen LogP contribution in [0.3, 0.4) is 0 Å². The van der Waals surface area contributed by atoms with E-state index < -0.39 is 11.6 Å². The van der Waals surface area contributed by atoms with Crippen LogP contribution in [0.1, 0.15) is 5.56 Å². The molecule has 2 aromatic heterocycles. The Bertz CT molecular complexity index is 1080. The van der Waals surface area contributed by atoms with E-state index in [-0.39, 0.29) is 11.3 Å². The predicted octanol–water partition coefficient (Wildman–Crippen LogP) is 5.11. The molecule has 2 heterocycles. The van der Waals surface area contributed by atoms with Gasteiger partial charge in [0.25, 0.3) is 0 Å². The SMILES string of the molecule is COc1ccccc1-n1c(SCc2c(F)cccc2F)nnc1-c1ccco1. The van der Waals surface area contributed by atoms with E-state index in [1.54, 1.807) is 23.8 Å². The Balaban J connectivity index is 1.78. The standard InChI is InChI=1S/C20H15F2N3O2S/c1-26-17-9-3-2-8-16(17)25-19(18-10-5-11-27-18)23-24-20(25)28-12-13-14(21)6-4-7-15(13)22/h2-11H,12H2,1H3.